The minimum absolute atomic E-state index is 0.118. The van der Waals surface area contributed by atoms with Crippen molar-refractivity contribution in [3.05, 3.63) is 151 Å². The van der Waals surface area contributed by atoms with Gasteiger partial charge < -0.3 is 0 Å². The van der Waals surface area contributed by atoms with Crippen LogP contribution in [0, 0.1) is 6.92 Å². The molecule has 8 aromatic rings. The van der Waals surface area contributed by atoms with Crippen molar-refractivity contribution in [2.24, 2.45) is 0 Å². The molecule has 0 atom stereocenters. The van der Waals surface area contributed by atoms with Gasteiger partial charge in [-0.05, 0) is 23.0 Å². The van der Waals surface area contributed by atoms with Crippen LogP contribution in [0.4, 0.5) is 17.2 Å². The molecule has 0 saturated heterocycles. The van der Waals surface area contributed by atoms with E-state index in [1.165, 1.54) is 41.8 Å². The normalized spacial score (nSPS) is 11.7. The molecule has 5 nitrogen and oxygen atoms in total. The van der Waals surface area contributed by atoms with Crippen molar-refractivity contribution in [2.75, 3.05) is 4.90 Å². The summed E-state index contributed by atoms with van der Waals surface area (Å²) in [6, 6.07) is 43.0. The zero-order valence-corrected chi connectivity index (χ0v) is 30.7. The van der Waals surface area contributed by atoms with Crippen molar-refractivity contribution in [3.8, 4) is 28.2 Å². The van der Waals surface area contributed by atoms with Gasteiger partial charge in [-0.1, -0.05) is 45.9 Å². The van der Waals surface area contributed by atoms with Crippen molar-refractivity contribution in [3.63, 3.8) is 0 Å². The summed E-state index contributed by atoms with van der Waals surface area (Å²) in [5.41, 5.74) is 11.1. The van der Waals surface area contributed by atoms with Crippen LogP contribution in [0.3, 0.4) is 0 Å². The van der Waals surface area contributed by atoms with Crippen LogP contribution in [0.1, 0.15) is 56.4 Å². The number of fused-ring (bicyclic) bond motifs is 3. The number of para-hydroxylation sites is 2. The fraction of sp³-hybridized carbons (Fsp3) is 0.159. The molecule has 0 N–H and O–H groups in total. The first-order valence-corrected chi connectivity index (χ1v) is 19.0. The Balaban J connectivity index is 1.22. The topological polar surface area (TPSA) is 46.8 Å². The molecule has 4 heterocycles. The van der Waals surface area contributed by atoms with Gasteiger partial charge in [-0.25, -0.2) is 0 Å². The van der Waals surface area contributed by atoms with E-state index in [1.807, 2.05) is 6.33 Å². The maximum absolute atomic E-state index is 5.35. The summed E-state index contributed by atoms with van der Waals surface area (Å²) >= 11 is 0.118. The Hall–Kier alpha value is -5.29. The Morgan fingerprint density at radius 2 is 1.36 bits per heavy atom. The van der Waals surface area contributed by atoms with Crippen LogP contribution >= 0.6 is 0 Å². The third-order valence-electron chi connectivity index (χ3n) is 9.34. The van der Waals surface area contributed by atoms with Gasteiger partial charge in [-0.15, -0.1) is 0 Å². The minimum atomic E-state index is 0.118. The van der Waals surface area contributed by atoms with Crippen LogP contribution < -0.4 is 4.90 Å². The van der Waals surface area contributed by atoms with Gasteiger partial charge in [0.05, 0.1) is 5.69 Å². The van der Waals surface area contributed by atoms with E-state index in [1.54, 1.807) is 0 Å². The molecular weight excluding hydrogens is 677 g/mol. The monoisotopic (exact) mass is 717 g/mol. The molecule has 0 radical (unpaired) electrons. The second-order valence-electron chi connectivity index (χ2n) is 13.5. The summed E-state index contributed by atoms with van der Waals surface area (Å²) in [5.74, 6) is 1.66. The molecule has 8 rings (SSSR count). The summed E-state index contributed by atoms with van der Waals surface area (Å²) in [6.45, 7) is 11.1. The second-order valence-corrected chi connectivity index (χ2v) is 15.5. The first-order valence-electron chi connectivity index (χ1n) is 17.2. The molecule has 0 aliphatic rings. The van der Waals surface area contributed by atoms with Gasteiger partial charge in [0.1, 0.15) is 0 Å². The van der Waals surface area contributed by atoms with Crippen LogP contribution in [0.25, 0.3) is 47.6 Å². The molecule has 0 bridgehead atoms. The molecule has 0 aliphatic carbocycles. The summed E-state index contributed by atoms with van der Waals surface area (Å²) < 4.78 is 4.76. The number of aryl methyl sites for hydroxylation is 1. The summed E-state index contributed by atoms with van der Waals surface area (Å²) in [4.78, 5) is 17.4. The van der Waals surface area contributed by atoms with E-state index in [0.29, 0.717) is 11.8 Å². The Bertz CT molecular complexity index is 2450. The Kier molecular flexibility index (Phi) is 8.44. The number of pyridine rings is 2. The van der Waals surface area contributed by atoms with Crippen LogP contribution in [0.2, 0.25) is 0 Å². The predicted octanol–water partition coefficient (Wildman–Crippen LogP) is 11.4. The van der Waals surface area contributed by atoms with Gasteiger partial charge in [0, 0.05) is 0 Å². The number of nitrogens with zero attached hydrogens (tertiary/aromatic N) is 5. The van der Waals surface area contributed by atoms with E-state index in [9.17, 15) is 0 Å². The molecule has 0 fully saturated rings. The zero-order chi connectivity index (χ0) is 34.4. The van der Waals surface area contributed by atoms with Gasteiger partial charge in [0.2, 0.25) is 0 Å². The van der Waals surface area contributed by atoms with Crippen molar-refractivity contribution < 1.29 is 0 Å². The van der Waals surface area contributed by atoms with Crippen molar-refractivity contribution >= 4 is 51.1 Å². The van der Waals surface area contributed by atoms with Crippen molar-refractivity contribution in [1.29, 1.82) is 0 Å². The van der Waals surface area contributed by atoms with Gasteiger partial charge in [0.15, 0.2) is 0 Å². The molecule has 0 aliphatic heterocycles. The van der Waals surface area contributed by atoms with Crippen molar-refractivity contribution in [1.82, 2.24) is 19.5 Å². The van der Waals surface area contributed by atoms with Gasteiger partial charge in [-0.2, -0.15) is 0 Å². The van der Waals surface area contributed by atoms with E-state index >= 15 is 0 Å². The molecular formula is C44H39N5Se. The third kappa shape index (κ3) is 5.85. The van der Waals surface area contributed by atoms with Crippen molar-refractivity contribution in [2.45, 2.75) is 46.5 Å². The zero-order valence-electron chi connectivity index (χ0n) is 29.0. The van der Waals surface area contributed by atoms with Crippen LogP contribution in [-0.4, -0.2) is 34.0 Å². The quantitative estimate of drug-likeness (QED) is 0.147. The standard InChI is InChI=1S/C44H39N5Se/c1-28(2)34-17-10-18-35(29(3)4)42(34)48-26-40(45-27-48)31-13-9-16-33(25-31)49(32-14-7-6-8-15-32)41-22-12-21-39(47-41)38-20-11-19-36-37-24-23-30(5)46-44(37)50-43(36)38/h6-29H,1-5H3. The summed E-state index contributed by atoms with van der Waals surface area (Å²) in [5, 5.41) is 2.53. The predicted molar refractivity (Wildman–Crippen MR) is 210 cm³/mol. The first kappa shape index (κ1) is 31.9. The molecule has 0 unspecified atom stereocenters. The molecule has 0 saturated carbocycles. The average Bonchev–Trinajstić information content (AvgIpc) is 3.77. The molecule has 246 valence electrons. The number of rotatable bonds is 8. The van der Waals surface area contributed by atoms with E-state index in [4.69, 9.17) is 15.0 Å². The third-order valence-corrected chi connectivity index (χ3v) is 11.8. The number of aromatic nitrogens is 4. The maximum atomic E-state index is 5.35. The van der Waals surface area contributed by atoms with Crippen LogP contribution in [-0.2, 0) is 0 Å². The van der Waals surface area contributed by atoms with E-state index in [2.05, 4.69) is 172 Å². The van der Waals surface area contributed by atoms with E-state index in [0.717, 1.165) is 39.8 Å². The van der Waals surface area contributed by atoms with Gasteiger partial charge in [-0.3, -0.25) is 0 Å². The van der Waals surface area contributed by atoms with Gasteiger partial charge in [0.25, 0.3) is 0 Å². The SMILES string of the molecule is Cc1ccc2c(n1)[se]c1c(-c3cccc(N(c4ccccc4)c4cccc(-c5cn(-c6c(C(C)C)cccc6C(C)C)cn5)c4)n3)cccc12. The molecule has 0 amide bonds. The second kappa shape index (κ2) is 13.2. The van der Waals surface area contributed by atoms with E-state index in [-0.39, 0.29) is 14.5 Å². The van der Waals surface area contributed by atoms with E-state index < -0.39 is 0 Å². The number of anilines is 3. The number of imidazole rings is 1. The molecule has 50 heavy (non-hydrogen) atoms. The molecule has 0 spiro atoms. The molecule has 4 aromatic heterocycles. The Morgan fingerprint density at radius 3 is 2.14 bits per heavy atom. The number of hydrogen-bond acceptors (Lipinski definition) is 4. The number of benzene rings is 4. The number of hydrogen-bond donors (Lipinski definition) is 0. The molecule has 6 heteroatoms. The summed E-state index contributed by atoms with van der Waals surface area (Å²) in [6.07, 6.45) is 4.13. The summed E-state index contributed by atoms with van der Waals surface area (Å²) in [7, 11) is 0. The fourth-order valence-electron chi connectivity index (χ4n) is 6.87. The van der Waals surface area contributed by atoms with Gasteiger partial charge >= 0.3 is 226 Å². The Morgan fingerprint density at radius 1 is 0.640 bits per heavy atom. The Labute approximate surface area is 299 Å². The van der Waals surface area contributed by atoms with Crippen LogP contribution in [0.5, 0.6) is 0 Å². The van der Waals surface area contributed by atoms with Crippen LogP contribution in [0.15, 0.2) is 134 Å². The average molecular weight is 717 g/mol. The fourth-order valence-corrected chi connectivity index (χ4v) is 9.47. The first-order chi connectivity index (χ1) is 24.4. The molecule has 4 aromatic carbocycles.